The van der Waals surface area contributed by atoms with Crippen molar-refractivity contribution in [2.75, 3.05) is 6.54 Å². The first-order valence-electron chi connectivity index (χ1n) is 7.91. The Labute approximate surface area is 115 Å². The largest absolute Gasteiger partial charge is 0.468 e. The van der Waals surface area contributed by atoms with Crippen LogP contribution in [0.15, 0.2) is 16.7 Å². The summed E-state index contributed by atoms with van der Waals surface area (Å²) in [7, 11) is 0. The maximum absolute atomic E-state index is 5.68. The van der Waals surface area contributed by atoms with Crippen molar-refractivity contribution in [2.45, 2.75) is 63.7 Å². The predicted octanol–water partition coefficient (Wildman–Crippen LogP) is 2.91. The SMILES string of the molecule is c1cc(CN(CC2CC2)C2CC2)c(CNC2CC2)o1. The molecule has 3 aliphatic carbocycles. The lowest BCUT2D eigenvalue weighted by Crippen LogP contribution is -2.28. The van der Waals surface area contributed by atoms with Crippen molar-refractivity contribution in [2.24, 2.45) is 5.92 Å². The van der Waals surface area contributed by atoms with Crippen molar-refractivity contribution in [1.29, 1.82) is 0 Å². The number of furan rings is 1. The molecule has 0 radical (unpaired) electrons. The molecule has 0 amide bonds. The van der Waals surface area contributed by atoms with Crippen LogP contribution in [-0.4, -0.2) is 23.5 Å². The molecule has 0 aliphatic heterocycles. The Morgan fingerprint density at radius 3 is 2.68 bits per heavy atom. The molecule has 3 nitrogen and oxygen atoms in total. The Morgan fingerprint density at radius 1 is 1.16 bits per heavy atom. The lowest BCUT2D eigenvalue weighted by molar-refractivity contribution is 0.242. The zero-order valence-electron chi connectivity index (χ0n) is 11.6. The van der Waals surface area contributed by atoms with Crippen molar-refractivity contribution in [3.05, 3.63) is 23.7 Å². The molecule has 0 unspecified atom stereocenters. The highest BCUT2D eigenvalue weighted by Crippen LogP contribution is 2.36. The van der Waals surface area contributed by atoms with Crippen molar-refractivity contribution in [1.82, 2.24) is 10.2 Å². The molecule has 0 saturated heterocycles. The molecule has 1 N–H and O–H groups in total. The molecule has 0 aromatic carbocycles. The van der Waals surface area contributed by atoms with Gasteiger partial charge in [0.15, 0.2) is 0 Å². The molecule has 4 rings (SSSR count). The highest BCUT2D eigenvalue weighted by molar-refractivity contribution is 5.18. The van der Waals surface area contributed by atoms with E-state index < -0.39 is 0 Å². The summed E-state index contributed by atoms with van der Waals surface area (Å²) in [5.74, 6) is 2.15. The first kappa shape index (κ1) is 12.0. The van der Waals surface area contributed by atoms with E-state index in [2.05, 4.69) is 16.3 Å². The molecule has 1 heterocycles. The molecule has 1 aromatic rings. The minimum absolute atomic E-state index is 0.754. The van der Waals surface area contributed by atoms with Crippen molar-refractivity contribution in [3.8, 4) is 0 Å². The third kappa shape index (κ3) is 3.21. The number of rotatable bonds is 8. The van der Waals surface area contributed by atoms with Gasteiger partial charge in [0, 0.05) is 30.7 Å². The summed E-state index contributed by atoms with van der Waals surface area (Å²) in [6, 6.07) is 3.79. The second-order valence-electron chi connectivity index (χ2n) is 6.63. The van der Waals surface area contributed by atoms with Crippen LogP contribution in [-0.2, 0) is 13.1 Å². The van der Waals surface area contributed by atoms with E-state index in [0.29, 0.717) is 0 Å². The predicted molar refractivity (Wildman–Crippen MR) is 74.7 cm³/mol. The molecule has 0 bridgehead atoms. The first-order chi connectivity index (χ1) is 9.38. The van der Waals surface area contributed by atoms with Gasteiger partial charge >= 0.3 is 0 Å². The second-order valence-corrected chi connectivity index (χ2v) is 6.63. The van der Waals surface area contributed by atoms with Gasteiger partial charge in [0.05, 0.1) is 12.8 Å². The van der Waals surface area contributed by atoms with Crippen LogP contribution in [0.1, 0.15) is 49.8 Å². The quantitative estimate of drug-likeness (QED) is 0.779. The Bertz CT molecular complexity index is 430. The summed E-state index contributed by atoms with van der Waals surface area (Å²) in [6.07, 6.45) is 10.2. The summed E-state index contributed by atoms with van der Waals surface area (Å²) in [4.78, 5) is 2.70. The highest BCUT2D eigenvalue weighted by Gasteiger charge is 2.34. The fraction of sp³-hybridized carbons (Fsp3) is 0.750. The molecular formula is C16H24N2O. The van der Waals surface area contributed by atoms with Gasteiger partial charge in [-0.3, -0.25) is 4.90 Å². The molecule has 1 aromatic heterocycles. The Kier molecular flexibility index (Phi) is 3.12. The topological polar surface area (TPSA) is 28.4 Å². The number of hydrogen-bond acceptors (Lipinski definition) is 3. The van der Waals surface area contributed by atoms with E-state index in [0.717, 1.165) is 36.9 Å². The summed E-state index contributed by atoms with van der Waals surface area (Å²) >= 11 is 0. The van der Waals surface area contributed by atoms with Crippen LogP contribution in [0.5, 0.6) is 0 Å². The molecule has 19 heavy (non-hydrogen) atoms. The first-order valence-corrected chi connectivity index (χ1v) is 7.91. The normalized spacial score (nSPS) is 23.2. The van der Waals surface area contributed by atoms with Crippen LogP contribution in [0.25, 0.3) is 0 Å². The van der Waals surface area contributed by atoms with Gasteiger partial charge in [0.25, 0.3) is 0 Å². The van der Waals surface area contributed by atoms with Gasteiger partial charge in [-0.2, -0.15) is 0 Å². The molecule has 3 aliphatic rings. The lowest BCUT2D eigenvalue weighted by Gasteiger charge is -2.21. The monoisotopic (exact) mass is 260 g/mol. The maximum Gasteiger partial charge on any atom is 0.122 e. The third-order valence-corrected chi connectivity index (χ3v) is 4.59. The summed E-state index contributed by atoms with van der Waals surface area (Å²) < 4.78 is 5.68. The van der Waals surface area contributed by atoms with Gasteiger partial charge in [-0.1, -0.05) is 0 Å². The summed E-state index contributed by atoms with van der Waals surface area (Å²) in [5, 5.41) is 3.56. The highest BCUT2D eigenvalue weighted by atomic mass is 16.3. The minimum atomic E-state index is 0.754. The van der Waals surface area contributed by atoms with Crippen molar-refractivity contribution < 1.29 is 4.42 Å². The second kappa shape index (κ2) is 4.95. The third-order valence-electron chi connectivity index (χ3n) is 4.59. The van der Waals surface area contributed by atoms with Crippen molar-refractivity contribution in [3.63, 3.8) is 0 Å². The van der Waals surface area contributed by atoms with Gasteiger partial charge in [-0.25, -0.2) is 0 Å². The lowest BCUT2D eigenvalue weighted by atomic mass is 10.2. The van der Waals surface area contributed by atoms with Gasteiger partial charge in [-0.05, 0) is 50.5 Å². The van der Waals surface area contributed by atoms with E-state index in [1.165, 1.54) is 50.6 Å². The van der Waals surface area contributed by atoms with Gasteiger partial charge in [-0.15, -0.1) is 0 Å². The minimum Gasteiger partial charge on any atom is -0.468 e. The molecule has 3 fully saturated rings. The van der Waals surface area contributed by atoms with Crippen LogP contribution >= 0.6 is 0 Å². The fourth-order valence-corrected chi connectivity index (χ4v) is 2.82. The fourth-order valence-electron chi connectivity index (χ4n) is 2.82. The van der Waals surface area contributed by atoms with Crippen LogP contribution in [0.4, 0.5) is 0 Å². The van der Waals surface area contributed by atoms with E-state index in [9.17, 15) is 0 Å². The van der Waals surface area contributed by atoms with Crippen LogP contribution in [0.3, 0.4) is 0 Å². The standard InChI is InChI=1S/C16H24N2O/c1-2-12(1)10-18(15-5-6-15)11-13-7-8-19-16(13)9-17-14-3-4-14/h7-8,12,14-15,17H,1-6,9-11H2. The maximum atomic E-state index is 5.68. The van der Waals surface area contributed by atoms with Gasteiger partial charge < -0.3 is 9.73 Å². The molecular weight excluding hydrogens is 236 g/mol. The van der Waals surface area contributed by atoms with E-state index in [1.807, 2.05) is 6.26 Å². The molecule has 0 spiro atoms. The zero-order chi connectivity index (χ0) is 12.7. The molecule has 3 heteroatoms. The van der Waals surface area contributed by atoms with Gasteiger partial charge in [0.2, 0.25) is 0 Å². The molecule has 3 saturated carbocycles. The van der Waals surface area contributed by atoms with Crippen LogP contribution in [0, 0.1) is 5.92 Å². The molecule has 0 atom stereocenters. The Balaban J connectivity index is 1.37. The summed E-state index contributed by atoms with van der Waals surface area (Å²) in [6.45, 7) is 3.32. The number of nitrogens with one attached hydrogen (secondary N) is 1. The average Bonchev–Trinajstić information content (AvgIpc) is 3.23. The smallest absolute Gasteiger partial charge is 0.122 e. The Hall–Kier alpha value is -0.800. The zero-order valence-corrected chi connectivity index (χ0v) is 11.6. The van der Waals surface area contributed by atoms with E-state index >= 15 is 0 Å². The van der Waals surface area contributed by atoms with E-state index in [-0.39, 0.29) is 0 Å². The van der Waals surface area contributed by atoms with Crippen LogP contribution in [0.2, 0.25) is 0 Å². The molecule has 104 valence electrons. The number of nitrogens with zero attached hydrogens (tertiary/aromatic N) is 1. The van der Waals surface area contributed by atoms with Crippen molar-refractivity contribution >= 4 is 0 Å². The van der Waals surface area contributed by atoms with E-state index in [4.69, 9.17) is 4.42 Å². The van der Waals surface area contributed by atoms with Crippen LogP contribution < -0.4 is 5.32 Å². The average molecular weight is 260 g/mol. The number of hydrogen-bond donors (Lipinski definition) is 1. The van der Waals surface area contributed by atoms with Gasteiger partial charge in [0.1, 0.15) is 5.76 Å². The van der Waals surface area contributed by atoms with E-state index in [1.54, 1.807) is 0 Å². The summed E-state index contributed by atoms with van der Waals surface area (Å²) in [5.41, 5.74) is 1.40. The Morgan fingerprint density at radius 2 is 2.00 bits per heavy atom.